The summed E-state index contributed by atoms with van der Waals surface area (Å²) < 4.78 is 18.8. The average molecular weight is 297 g/mol. The summed E-state index contributed by atoms with van der Waals surface area (Å²) in [6.07, 6.45) is 0.373. The third-order valence-corrected chi connectivity index (χ3v) is 6.44. The van der Waals surface area contributed by atoms with Gasteiger partial charge in [0.1, 0.15) is 12.9 Å². The molecular weight excluding hydrogens is 281 g/mol. The number of aryl methyl sites for hydroxylation is 1. The van der Waals surface area contributed by atoms with Crippen LogP contribution in [0.5, 0.6) is 0 Å². The molecule has 1 aromatic heterocycles. The van der Waals surface area contributed by atoms with Gasteiger partial charge in [-0.3, -0.25) is 0 Å². The van der Waals surface area contributed by atoms with Crippen LogP contribution in [0.2, 0.25) is 0 Å². The Bertz CT molecular complexity index is 722. The van der Waals surface area contributed by atoms with Gasteiger partial charge < -0.3 is 9.09 Å². The van der Waals surface area contributed by atoms with E-state index in [0.29, 0.717) is 6.16 Å². The average Bonchev–Trinajstić information content (AvgIpc) is 2.94. The van der Waals surface area contributed by atoms with Crippen LogP contribution in [0.3, 0.4) is 0 Å². The van der Waals surface area contributed by atoms with Crippen molar-refractivity contribution in [1.82, 2.24) is 5.16 Å². The first kappa shape index (κ1) is 13.8. The molecule has 3 aromatic rings. The van der Waals surface area contributed by atoms with E-state index in [-0.39, 0.29) is 0 Å². The monoisotopic (exact) mass is 297 g/mol. The number of hydrogen-bond acceptors (Lipinski definition) is 3. The summed E-state index contributed by atoms with van der Waals surface area (Å²) in [5, 5.41) is 5.69. The lowest BCUT2D eigenvalue weighted by atomic mass is 10.4. The third kappa shape index (κ3) is 2.84. The highest BCUT2D eigenvalue weighted by Gasteiger charge is 2.28. The van der Waals surface area contributed by atoms with Crippen LogP contribution in [-0.4, -0.2) is 5.16 Å². The van der Waals surface area contributed by atoms with Gasteiger partial charge in [0.05, 0.1) is 11.9 Å². The lowest BCUT2D eigenvalue weighted by Crippen LogP contribution is -2.17. The van der Waals surface area contributed by atoms with Crippen LogP contribution in [0.4, 0.5) is 0 Å². The molecule has 0 spiro atoms. The molecule has 0 aliphatic rings. The van der Waals surface area contributed by atoms with Gasteiger partial charge in [-0.1, -0.05) is 65.8 Å². The van der Waals surface area contributed by atoms with Crippen LogP contribution in [0, 0.1) is 6.92 Å². The minimum Gasteiger partial charge on any atom is -0.361 e. The van der Waals surface area contributed by atoms with Crippen LogP contribution in [0.15, 0.2) is 71.3 Å². The molecule has 21 heavy (non-hydrogen) atoms. The molecule has 3 rings (SSSR count). The fourth-order valence-corrected chi connectivity index (χ4v) is 4.97. The van der Waals surface area contributed by atoms with Crippen molar-refractivity contribution in [2.75, 3.05) is 0 Å². The van der Waals surface area contributed by atoms with Crippen molar-refractivity contribution < 1.29 is 9.09 Å². The molecule has 0 unspecified atom stereocenters. The first-order valence-corrected chi connectivity index (χ1v) is 8.70. The second kappa shape index (κ2) is 5.71. The minimum atomic E-state index is -2.76. The van der Waals surface area contributed by atoms with Gasteiger partial charge in [0.2, 0.25) is 0 Å². The van der Waals surface area contributed by atoms with E-state index >= 15 is 0 Å². The molecule has 106 valence electrons. The Morgan fingerprint density at radius 2 is 1.48 bits per heavy atom. The van der Waals surface area contributed by atoms with Crippen LogP contribution in [0.25, 0.3) is 0 Å². The standard InChI is InChI=1S/C17H16NO2P/c1-14-12-15(18-20-14)13-21(19,16-8-4-2-5-9-16)17-10-6-3-7-11-17/h2-12H,13H2,1H3. The topological polar surface area (TPSA) is 43.1 Å². The van der Waals surface area contributed by atoms with Crippen LogP contribution in [0.1, 0.15) is 11.5 Å². The summed E-state index contributed by atoms with van der Waals surface area (Å²) in [4.78, 5) is 0. The lowest BCUT2D eigenvalue weighted by molar-refractivity contribution is 0.392. The zero-order chi connectivity index (χ0) is 14.7. The van der Waals surface area contributed by atoms with Gasteiger partial charge in [-0.15, -0.1) is 0 Å². The first-order chi connectivity index (χ1) is 10.2. The van der Waals surface area contributed by atoms with Gasteiger partial charge in [-0.25, -0.2) is 0 Å². The van der Waals surface area contributed by atoms with Gasteiger partial charge >= 0.3 is 0 Å². The van der Waals surface area contributed by atoms with Crippen molar-refractivity contribution >= 4 is 17.8 Å². The molecule has 1 heterocycles. The summed E-state index contributed by atoms with van der Waals surface area (Å²) in [5.74, 6) is 0.734. The van der Waals surface area contributed by atoms with Crippen LogP contribution >= 0.6 is 7.14 Å². The van der Waals surface area contributed by atoms with E-state index in [1.807, 2.05) is 73.7 Å². The van der Waals surface area contributed by atoms with E-state index in [9.17, 15) is 4.57 Å². The zero-order valence-corrected chi connectivity index (χ0v) is 12.7. The Labute approximate surface area is 124 Å². The number of aromatic nitrogens is 1. The van der Waals surface area contributed by atoms with E-state index < -0.39 is 7.14 Å². The minimum absolute atomic E-state index is 0.373. The molecule has 0 amide bonds. The molecule has 0 fully saturated rings. The van der Waals surface area contributed by atoms with Crippen LogP contribution in [-0.2, 0) is 10.7 Å². The fraction of sp³-hybridized carbons (Fsp3) is 0.118. The smallest absolute Gasteiger partial charge is 0.149 e. The number of nitrogens with zero attached hydrogens (tertiary/aromatic N) is 1. The Hall–Kier alpha value is -2.12. The number of hydrogen-bond donors (Lipinski definition) is 0. The van der Waals surface area contributed by atoms with Crippen LogP contribution < -0.4 is 10.6 Å². The van der Waals surface area contributed by atoms with E-state index in [1.165, 1.54) is 0 Å². The summed E-state index contributed by atoms with van der Waals surface area (Å²) in [6.45, 7) is 1.84. The van der Waals surface area contributed by atoms with Crippen molar-refractivity contribution in [2.45, 2.75) is 13.1 Å². The van der Waals surface area contributed by atoms with Gasteiger partial charge in [0.15, 0.2) is 0 Å². The Kier molecular flexibility index (Phi) is 3.76. The van der Waals surface area contributed by atoms with Gasteiger partial charge in [-0.05, 0) is 6.92 Å². The van der Waals surface area contributed by atoms with E-state index in [1.54, 1.807) is 0 Å². The number of benzene rings is 2. The molecule has 0 saturated heterocycles. The second-order valence-corrected chi connectivity index (χ2v) is 7.83. The van der Waals surface area contributed by atoms with E-state index in [0.717, 1.165) is 22.1 Å². The molecule has 0 saturated carbocycles. The van der Waals surface area contributed by atoms with E-state index in [4.69, 9.17) is 4.52 Å². The normalized spacial score (nSPS) is 11.5. The molecule has 2 aromatic carbocycles. The molecule has 3 nitrogen and oxygen atoms in total. The Balaban J connectivity index is 2.09. The maximum atomic E-state index is 13.7. The summed E-state index contributed by atoms with van der Waals surface area (Å²) in [5.41, 5.74) is 0.725. The molecule has 4 heteroatoms. The predicted molar refractivity (Wildman–Crippen MR) is 84.7 cm³/mol. The number of rotatable bonds is 4. The fourth-order valence-electron chi connectivity index (χ4n) is 2.39. The quantitative estimate of drug-likeness (QED) is 0.692. The summed E-state index contributed by atoms with van der Waals surface area (Å²) in [6, 6.07) is 21.0. The molecule has 0 atom stereocenters. The Morgan fingerprint density at radius 3 is 1.90 bits per heavy atom. The first-order valence-electron chi connectivity index (χ1n) is 6.81. The van der Waals surface area contributed by atoms with Crippen molar-refractivity contribution in [1.29, 1.82) is 0 Å². The van der Waals surface area contributed by atoms with Crippen molar-refractivity contribution in [3.05, 3.63) is 78.2 Å². The molecule has 0 aliphatic heterocycles. The largest absolute Gasteiger partial charge is 0.361 e. The van der Waals surface area contributed by atoms with Gasteiger partial charge in [-0.2, -0.15) is 0 Å². The highest BCUT2D eigenvalue weighted by atomic mass is 31.2. The maximum absolute atomic E-state index is 13.7. The van der Waals surface area contributed by atoms with Crippen molar-refractivity contribution in [3.63, 3.8) is 0 Å². The molecule has 0 N–H and O–H groups in total. The lowest BCUT2D eigenvalue weighted by Gasteiger charge is -2.18. The molecule has 0 aliphatic carbocycles. The third-order valence-electron chi connectivity index (χ3n) is 3.41. The van der Waals surface area contributed by atoms with Gasteiger partial charge in [0, 0.05) is 16.7 Å². The van der Waals surface area contributed by atoms with Crippen molar-refractivity contribution in [3.8, 4) is 0 Å². The maximum Gasteiger partial charge on any atom is 0.149 e. The highest BCUT2D eigenvalue weighted by Crippen LogP contribution is 2.46. The predicted octanol–water partition coefficient (Wildman–Crippen LogP) is 3.50. The zero-order valence-electron chi connectivity index (χ0n) is 11.8. The highest BCUT2D eigenvalue weighted by molar-refractivity contribution is 7.78. The van der Waals surface area contributed by atoms with Gasteiger partial charge in [0.25, 0.3) is 0 Å². The van der Waals surface area contributed by atoms with E-state index in [2.05, 4.69) is 5.16 Å². The summed E-state index contributed by atoms with van der Waals surface area (Å²) in [7, 11) is -2.76. The molecule has 0 bridgehead atoms. The SMILES string of the molecule is Cc1cc(CP(=O)(c2ccccc2)c2ccccc2)no1. The van der Waals surface area contributed by atoms with Crippen molar-refractivity contribution in [2.24, 2.45) is 0 Å². The molecular formula is C17H16NO2P. The summed E-state index contributed by atoms with van der Waals surface area (Å²) >= 11 is 0. The second-order valence-electron chi connectivity index (χ2n) is 5.00. The molecule has 0 radical (unpaired) electrons. The Morgan fingerprint density at radius 1 is 0.952 bits per heavy atom.